The molecule has 0 rings (SSSR count). The quantitative estimate of drug-likeness (QED) is 0.190. The molecular weight excluding hydrogens is 322 g/mol. The van der Waals surface area contributed by atoms with Crippen molar-refractivity contribution in [2.24, 2.45) is 0 Å². The summed E-state index contributed by atoms with van der Waals surface area (Å²) in [7, 11) is 0. The van der Waals surface area contributed by atoms with Gasteiger partial charge in [0.15, 0.2) is 0 Å². The Morgan fingerprint density at radius 2 is 1.12 bits per heavy atom. The van der Waals surface area contributed by atoms with Gasteiger partial charge in [-0.3, -0.25) is 4.79 Å². The van der Waals surface area contributed by atoms with Crippen molar-refractivity contribution in [1.82, 2.24) is 5.32 Å². The van der Waals surface area contributed by atoms with E-state index in [2.05, 4.69) is 5.32 Å². The van der Waals surface area contributed by atoms with Crippen molar-refractivity contribution in [3.63, 3.8) is 0 Å². The summed E-state index contributed by atoms with van der Waals surface area (Å²) in [5.74, 6) is -2.40. The van der Waals surface area contributed by atoms with E-state index in [0.717, 1.165) is 25.7 Å². The molecule has 0 spiro atoms. The van der Waals surface area contributed by atoms with Gasteiger partial charge in [-0.1, -0.05) is 64.2 Å². The molecule has 0 aliphatic heterocycles. The maximum Gasteiger partial charge on any atom is 0.275 e. The molecule has 150 valence electrons. The van der Waals surface area contributed by atoms with Crippen molar-refractivity contribution >= 4 is 5.91 Å². The van der Waals surface area contributed by atoms with Gasteiger partial charge in [-0.2, -0.15) is 0 Å². The molecule has 0 saturated carbocycles. The van der Waals surface area contributed by atoms with Crippen LogP contribution in [-0.4, -0.2) is 45.5 Å². The summed E-state index contributed by atoms with van der Waals surface area (Å²) in [6.45, 7) is 0.693. The van der Waals surface area contributed by atoms with Gasteiger partial charge in [-0.15, -0.1) is 0 Å². The van der Waals surface area contributed by atoms with E-state index in [4.69, 9.17) is 20.4 Å². The molecule has 6 nitrogen and oxygen atoms in total. The van der Waals surface area contributed by atoms with Crippen LogP contribution < -0.4 is 5.32 Å². The minimum Gasteiger partial charge on any atom is -0.396 e. The molecule has 0 aliphatic carbocycles. The van der Waals surface area contributed by atoms with Crippen molar-refractivity contribution in [2.45, 2.75) is 102 Å². The van der Waals surface area contributed by atoms with Gasteiger partial charge < -0.3 is 25.7 Å². The largest absolute Gasteiger partial charge is 0.396 e. The predicted octanol–water partition coefficient (Wildman–Crippen LogP) is 2.58. The highest BCUT2D eigenvalue weighted by Gasteiger charge is 2.16. The summed E-state index contributed by atoms with van der Waals surface area (Å²) in [5.41, 5.74) is 0. The topological polar surface area (TPSA) is 110 Å². The fraction of sp³-hybridized carbons (Fsp3) is 0.947. The van der Waals surface area contributed by atoms with Gasteiger partial charge in [0.1, 0.15) is 0 Å². The molecule has 0 aromatic rings. The van der Waals surface area contributed by atoms with Crippen LogP contribution in [0.2, 0.25) is 0 Å². The van der Waals surface area contributed by atoms with E-state index in [1.807, 2.05) is 0 Å². The number of unbranched alkanes of at least 4 members (excludes halogenated alkanes) is 11. The number of carbonyl (C=O) groups is 1. The zero-order valence-corrected chi connectivity index (χ0v) is 15.7. The van der Waals surface area contributed by atoms with Crippen LogP contribution in [0.1, 0.15) is 96.3 Å². The number of rotatable bonds is 18. The third kappa shape index (κ3) is 21.3. The minimum atomic E-state index is -2.50. The molecule has 0 bridgehead atoms. The van der Waals surface area contributed by atoms with E-state index < -0.39 is 5.97 Å². The van der Waals surface area contributed by atoms with Crippen molar-refractivity contribution in [2.75, 3.05) is 13.2 Å². The predicted molar refractivity (Wildman–Crippen MR) is 98.7 cm³/mol. The van der Waals surface area contributed by atoms with Crippen LogP contribution in [0.5, 0.6) is 0 Å². The highest BCUT2D eigenvalue weighted by Crippen LogP contribution is 2.14. The third-order valence-electron chi connectivity index (χ3n) is 4.32. The van der Waals surface area contributed by atoms with Crippen molar-refractivity contribution in [3.8, 4) is 0 Å². The van der Waals surface area contributed by atoms with E-state index in [-0.39, 0.29) is 18.9 Å². The van der Waals surface area contributed by atoms with Gasteiger partial charge in [-0.25, -0.2) is 0 Å². The second-order valence-electron chi connectivity index (χ2n) is 6.94. The standard InChI is InChI=1S/C19H39NO5/c21-17-13-16-20-18(22)14-11-9-7-5-3-1-2-4-6-8-10-12-15-19(23,24)25/h21,23-25H,1-17H2,(H,20,22). The highest BCUT2D eigenvalue weighted by atomic mass is 16.7. The Labute approximate surface area is 152 Å². The number of nitrogens with one attached hydrogen (secondary N) is 1. The first-order valence-corrected chi connectivity index (χ1v) is 10.0. The second kappa shape index (κ2) is 16.8. The Morgan fingerprint density at radius 1 is 0.680 bits per heavy atom. The first-order valence-electron chi connectivity index (χ1n) is 10.0. The van der Waals surface area contributed by atoms with Gasteiger partial charge in [-0.05, 0) is 19.3 Å². The smallest absolute Gasteiger partial charge is 0.275 e. The lowest BCUT2D eigenvalue weighted by Gasteiger charge is -2.12. The fourth-order valence-corrected chi connectivity index (χ4v) is 2.81. The molecule has 0 aliphatic rings. The monoisotopic (exact) mass is 361 g/mol. The molecule has 0 atom stereocenters. The Morgan fingerprint density at radius 3 is 1.56 bits per heavy atom. The molecule has 0 aromatic carbocycles. The van der Waals surface area contributed by atoms with Crippen LogP contribution >= 0.6 is 0 Å². The van der Waals surface area contributed by atoms with E-state index >= 15 is 0 Å². The zero-order valence-electron chi connectivity index (χ0n) is 15.7. The van der Waals surface area contributed by atoms with Crippen LogP contribution in [0, 0.1) is 0 Å². The molecule has 0 aromatic heterocycles. The Bertz CT molecular complexity index is 305. The van der Waals surface area contributed by atoms with Crippen LogP contribution in [0.15, 0.2) is 0 Å². The van der Waals surface area contributed by atoms with Crippen LogP contribution in [0.4, 0.5) is 0 Å². The maximum absolute atomic E-state index is 11.4. The molecule has 0 saturated heterocycles. The molecule has 0 heterocycles. The van der Waals surface area contributed by atoms with Gasteiger partial charge in [0.25, 0.3) is 5.97 Å². The van der Waals surface area contributed by atoms with Crippen molar-refractivity contribution in [1.29, 1.82) is 0 Å². The summed E-state index contributed by atoms with van der Waals surface area (Å²) in [4.78, 5) is 11.4. The SMILES string of the molecule is O=C(CCCCCCCCCCCCCCC(O)(O)O)NCCCO. The first kappa shape index (κ1) is 24.3. The number of aliphatic hydroxyl groups is 4. The molecular formula is C19H39NO5. The average molecular weight is 362 g/mol. The zero-order chi connectivity index (χ0) is 18.8. The summed E-state index contributed by atoms with van der Waals surface area (Å²) in [6.07, 6.45) is 14.5. The average Bonchev–Trinajstić information content (AvgIpc) is 2.54. The van der Waals surface area contributed by atoms with Crippen molar-refractivity contribution < 1.29 is 25.2 Å². The van der Waals surface area contributed by atoms with Crippen LogP contribution in [0.3, 0.4) is 0 Å². The van der Waals surface area contributed by atoms with E-state index in [1.165, 1.54) is 44.9 Å². The summed E-state index contributed by atoms with van der Waals surface area (Å²) in [6, 6.07) is 0. The molecule has 25 heavy (non-hydrogen) atoms. The normalized spacial score (nSPS) is 11.7. The van der Waals surface area contributed by atoms with Gasteiger partial charge in [0, 0.05) is 26.0 Å². The second-order valence-corrected chi connectivity index (χ2v) is 6.94. The van der Waals surface area contributed by atoms with Gasteiger partial charge in [0.2, 0.25) is 5.91 Å². The Kier molecular flexibility index (Phi) is 16.3. The summed E-state index contributed by atoms with van der Waals surface area (Å²) in [5, 5.41) is 37.7. The van der Waals surface area contributed by atoms with E-state index in [0.29, 0.717) is 25.8 Å². The number of amides is 1. The maximum atomic E-state index is 11.4. The van der Waals surface area contributed by atoms with Crippen molar-refractivity contribution in [3.05, 3.63) is 0 Å². The number of carbonyl (C=O) groups excluding carboxylic acids is 1. The van der Waals surface area contributed by atoms with E-state index in [9.17, 15) is 4.79 Å². The van der Waals surface area contributed by atoms with Crippen LogP contribution in [0.25, 0.3) is 0 Å². The minimum absolute atomic E-state index is 0.0251. The third-order valence-corrected chi connectivity index (χ3v) is 4.32. The Hall–Kier alpha value is -0.690. The first-order chi connectivity index (χ1) is 12.0. The molecule has 5 N–H and O–H groups in total. The number of aliphatic hydroxyl groups excluding tert-OH is 1. The number of hydrogen-bond acceptors (Lipinski definition) is 5. The molecule has 6 heteroatoms. The van der Waals surface area contributed by atoms with Gasteiger partial charge in [0.05, 0.1) is 0 Å². The molecule has 1 amide bonds. The summed E-state index contributed by atoms with van der Waals surface area (Å²) >= 11 is 0. The highest BCUT2D eigenvalue weighted by molar-refractivity contribution is 5.75. The lowest BCUT2D eigenvalue weighted by atomic mass is 10.0. The lowest BCUT2D eigenvalue weighted by molar-refractivity contribution is -0.315. The summed E-state index contributed by atoms with van der Waals surface area (Å²) < 4.78 is 0. The number of hydrogen-bond donors (Lipinski definition) is 5. The van der Waals surface area contributed by atoms with Crippen LogP contribution in [-0.2, 0) is 4.79 Å². The lowest BCUT2D eigenvalue weighted by Crippen LogP contribution is -2.26. The molecule has 0 unspecified atom stereocenters. The van der Waals surface area contributed by atoms with Gasteiger partial charge >= 0.3 is 0 Å². The fourth-order valence-electron chi connectivity index (χ4n) is 2.81. The Balaban J connectivity index is 3.13. The van der Waals surface area contributed by atoms with E-state index in [1.54, 1.807) is 0 Å². The molecule has 0 fully saturated rings. The molecule has 0 radical (unpaired) electrons.